The van der Waals surface area contributed by atoms with Crippen molar-refractivity contribution >= 4 is 33.5 Å². The summed E-state index contributed by atoms with van der Waals surface area (Å²) < 4.78 is 2.76. The first kappa shape index (κ1) is 16.5. The molecule has 0 aliphatic carbocycles. The van der Waals surface area contributed by atoms with Crippen LogP contribution in [0.3, 0.4) is 0 Å². The highest BCUT2D eigenvalue weighted by atomic mass is 79.9. The second-order valence-corrected chi connectivity index (χ2v) is 6.69. The molecule has 0 atom stereocenters. The second kappa shape index (κ2) is 7.02. The molecule has 24 heavy (non-hydrogen) atoms. The Morgan fingerprint density at radius 3 is 2.50 bits per heavy atom. The van der Waals surface area contributed by atoms with Gasteiger partial charge in [-0.2, -0.15) is 5.10 Å². The number of halogens is 1. The standard InChI is InChI=1S/C17H14BrN3O2S/c1-19-17-21(20-9-11-2-7-15(22)16(23)8-11)14(10-24-17)12-3-5-13(18)6-4-12/h2-10,22-23H,1H3. The highest BCUT2D eigenvalue weighted by Crippen LogP contribution is 2.25. The number of hydrogen-bond acceptors (Lipinski definition) is 5. The Labute approximate surface area is 151 Å². The lowest BCUT2D eigenvalue weighted by atomic mass is 10.2. The lowest BCUT2D eigenvalue weighted by Gasteiger charge is -2.04. The first-order valence-corrected chi connectivity index (χ1v) is 8.71. The maximum Gasteiger partial charge on any atom is 0.205 e. The van der Waals surface area contributed by atoms with E-state index in [0.29, 0.717) is 5.56 Å². The van der Waals surface area contributed by atoms with Crippen LogP contribution in [0.1, 0.15) is 5.56 Å². The second-order valence-electron chi connectivity index (χ2n) is 4.94. The molecule has 1 aromatic heterocycles. The molecule has 3 aromatic rings. The third-order valence-corrected chi connectivity index (χ3v) is 4.77. The molecule has 0 aliphatic heterocycles. The minimum absolute atomic E-state index is 0.157. The molecule has 0 fully saturated rings. The maximum atomic E-state index is 9.58. The van der Waals surface area contributed by atoms with Crippen LogP contribution >= 0.6 is 27.3 Å². The SMILES string of the molecule is CN=c1scc(-c2ccc(Br)cc2)n1N=Cc1ccc(O)c(O)c1. The van der Waals surface area contributed by atoms with E-state index in [1.807, 2.05) is 29.6 Å². The monoisotopic (exact) mass is 403 g/mol. The Morgan fingerprint density at radius 2 is 1.83 bits per heavy atom. The molecule has 5 nitrogen and oxygen atoms in total. The molecule has 0 spiro atoms. The van der Waals surface area contributed by atoms with Gasteiger partial charge in [0.15, 0.2) is 11.5 Å². The smallest absolute Gasteiger partial charge is 0.205 e. The quantitative estimate of drug-likeness (QED) is 0.515. The molecule has 7 heteroatoms. The van der Waals surface area contributed by atoms with E-state index in [2.05, 4.69) is 26.0 Å². The fourth-order valence-corrected chi connectivity index (χ4v) is 3.19. The number of rotatable bonds is 3. The fraction of sp³-hybridized carbons (Fsp3) is 0.0588. The molecular weight excluding hydrogens is 390 g/mol. The number of phenols is 2. The Morgan fingerprint density at radius 1 is 1.08 bits per heavy atom. The Bertz CT molecular complexity index is 959. The summed E-state index contributed by atoms with van der Waals surface area (Å²) in [5, 5.41) is 25.4. The summed E-state index contributed by atoms with van der Waals surface area (Å²) in [7, 11) is 1.72. The van der Waals surface area contributed by atoms with Crippen LogP contribution in [0.2, 0.25) is 0 Å². The third kappa shape index (κ3) is 3.42. The first-order valence-electron chi connectivity index (χ1n) is 7.04. The van der Waals surface area contributed by atoms with Crippen LogP contribution in [-0.2, 0) is 0 Å². The summed E-state index contributed by atoms with van der Waals surface area (Å²) in [6, 6.07) is 12.5. The van der Waals surface area contributed by atoms with Gasteiger partial charge in [-0.25, -0.2) is 4.68 Å². The summed E-state index contributed by atoms with van der Waals surface area (Å²) in [4.78, 5) is 5.00. The zero-order valence-corrected chi connectivity index (χ0v) is 15.1. The molecule has 0 saturated heterocycles. The van der Waals surface area contributed by atoms with Gasteiger partial charge in [-0.15, -0.1) is 11.3 Å². The van der Waals surface area contributed by atoms with Gasteiger partial charge < -0.3 is 10.2 Å². The van der Waals surface area contributed by atoms with Crippen molar-refractivity contribution in [1.82, 2.24) is 4.68 Å². The van der Waals surface area contributed by atoms with Crippen LogP contribution in [0.25, 0.3) is 11.3 Å². The average molecular weight is 404 g/mol. The van der Waals surface area contributed by atoms with Crippen molar-refractivity contribution in [1.29, 1.82) is 0 Å². The van der Waals surface area contributed by atoms with Crippen molar-refractivity contribution in [2.75, 3.05) is 7.05 Å². The molecule has 2 aromatic carbocycles. The molecule has 0 radical (unpaired) electrons. The number of thiazole rings is 1. The van der Waals surface area contributed by atoms with Gasteiger partial charge in [0.25, 0.3) is 0 Å². The molecule has 0 aliphatic rings. The molecule has 1 heterocycles. The van der Waals surface area contributed by atoms with Gasteiger partial charge in [0, 0.05) is 22.5 Å². The van der Waals surface area contributed by atoms with Crippen molar-refractivity contribution in [3.63, 3.8) is 0 Å². The summed E-state index contributed by atoms with van der Waals surface area (Å²) in [5.74, 6) is -0.335. The van der Waals surface area contributed by atoms with Crippen LogP contribution in [0.15, 0.2) is 62.4 Å². The normalized spacial score (nSPS) is 12.2. The number of aromatic nitrogens is 1. The molecule has 3 rings (SSSR count). The van der Waals surface area contributed by atoms with E-state index in [9.17, 15) is 10.2 Å². The number of nitrogens with zero attached hydrogens (tertiary/aromatic N) is 3. The van der Waals surface area contributed by atoms with Gasteiger partial charge in [-0.05, 0) is 35.9 Å². The van der Waals surface area contributed by atoms with Gasteiger partial charge in [0.05, 0.1) is 11.9 Å². The minimum atomic E-state index is -0.178. The number of hydrogen-bond donors (Lipinski definition) is 2. The van der Waals surface area contributed by atoms with Crippen LogP contribution in [-0.4, -0.2) is 28.2 Å². The molecular formula is C17H14BrN3O2S. The topological polar surface area (TPSA) is 70.1 Å². The van der Waals surface area contributed by atoms with Gasteiger partial charge in [-0.1, -0.05) is 28.1 Å². The van der Waals surface area contributed by atoms with E-state index >= 15 is 0 Å². The van der Waals surface area contributed by atoms with Gasteiger partial charge in [0.2, 0.25) is 4.80 Å². The van der Waals surface area contributed by atoms with Gasteiger partial charge >= 0.3 is 0 Å². The van der Waals surface area contributed by atoms with Crippen LogP contribution in [0, 0.1) is 0 Å². The van der Waals surface area contributed by atoms with E-state index < -0.39 is 0 Å². The van der Waals surface area contributed by atoms with E-state index in [4.69, 9.17) is 0 Å². The largest absolute Gasteiger partial charge is 0.504 e. The first-order chi connectivity index (χ1) is 11.6. The Hall–Kier alpha value is -2.38. The molecule has 0 amide bonds. The highest BCUT2D eigenvalue weighted by molar-refractivity contribution is 9.10. The molecule has 0 saturated carbocycles. The lowest BCUT2D eigenvalue weighted by Crippen LogP contribution is -2.11. The summed E-state index contributed by atoms with van der Waals surface area (Å²) in [5.41, 5.74) is 2.62. The van der Waals surface area contributed by atoms with Crippen molar-refractivity contribution < 1.29 is 10.2 Å². The van der Waals surface area contributed by atoms with Crippen molar-refractivity contribution in [2.24, 2.45) is 10.1 Å². The Balaban J connectivity index is 2.03. The fourth-order valence-electron chi connectivity index (χ4n) is 2.13. The summed E-state index contributed by atoms with van der Waals surface area (Å²) in [6.45, 7) is 0. The predicted octanol–water partition coefficient (Wildman–Crippen LogP) is 3.80. The zero-order valence-electron chi connectivity index (χ0n) is 12.7. The van der Waals surface area contributed by atoms with Crippen molar-refractivity contribution in [2.45, 2.75) is 0 Å². The molecule has 2 N–H and O–H groups in total. The molecule has 0 unspecified atom stereocenters. The maximum absolute atomic E-state index is 9.58. The van der Waals surface area contributed by atoms with Crippen molar-refractivity contribution in [3.05, 3.63) is 62.7 Å². The predicted molar refractivity (Wildman–Crippen MR) is 99.7 cm³/mol. The van der Waals surface area contributed by atoms with E-state index in [1.165, 1.54) is 23.5 Å². The van der Waals surface area contributed by atoms with Gasteiger partial charge in [0.1, 0.15) is 0 Å². The number of phenolic OH excluding ortho intramolecular Hbond substituents is 2. The third-order valence-electron chi connectivity index (χ3n) is 3.34. The zero-order chi connectivity index (χ0) is 17.1. The molecule has 122 valence electrons. The van der Waals surface area contributed by atoms with E-state index in [-0.39, 0.29) is 11.5 Å². The highest BCUT2D eigenvalue weighted by Gasteiger charge is 2.07. The minimum Gasteiger partial charge on any atom is -0.504 e. The van der Waals surface area contributed by atoms with Crippen molar-refractivity contribution in [3.8, 4) is 22.8 Å². The van der Waals surface area contributed by atoms with E-state index in [1.54, 1.807) is 24.0 Å². The number of aromatic hydroxyl groups is 2. The van der Waals surface area contributed by atoms with E-state index in [0.717, 1.165) is 20.5 Å². The van der Waals surface area contributed by atoms with Gasteiger partial charge in [-0.3, -0.25) is 4.99 Å². The van der Waals surface area contributed by atoms with Crippen LogP contribution in [0.4, 0.5) is 0 Å². The Kier molecular flexibility index (Phi) is 4.82. The lowest BCUT2D eigenvalue weighted by molar-refractivity contribution is 0.403. The molecule has 0 bridgehead atoms. The average Bonchev–Trinajstić information content (AvgIpc) is 2.99. The number of benzene rings is 2. The summed E-state index contributed by atoms with van der Waals surface area (Å²) >= 11 is 4.93. The van der Waals surface area contributed by atoms with Crippen LogP contribution < -0.4 is 4.80 Å². The summed E-state index contributed by atoms with van der Waals surface area (Å²) in [6.07, 6.45) is 1.61. The van der Waals surface area contributed by atoms with Crippen LogP contribution in [0.5, 0.6) is 11.5 Å².